The molecule has 0 radical (unpaired) electrons. The third kappa shape index (κ3) is 1.94. The van der Waals surface area contributed by atoms with E-state index in [4.69, 9.17) is 21.6 Å². The number of halogens is 3. The van der Waals surface area contributed by atoms with Gasteiger partial charge in [-0.05, 0) is 18.2 Å². The molecule has 74 valence electrons. The van der Waals surface area contributed by atoms with Crippen LogP contribution in [-0.4, -0.2) is 7.11 Å². The molecule has 1 rings (SSSR count). The minimum absolute atomic E-state index is 0.0547. The summed E-state index contributed by atoms with van der Waals surface area (Å²) in [6.45, 7) is 0. The molecule has 5 heteroatoms. The predicted molar refractivity (Wildman–Crippen MR) is 47.5 cm³/mol. The van der Waals surface area contributed by atoms with Crippen molar-refractivity contribution in [3.05, 3.63) is 28.8 Å². The molecule has 0 bridgehead atoms. The quantitative estimate of drug-likeness (QED) is 0.763. The molecule has 0 saturated carbocycles. The topological polar surface area (TPSA) is 33.0 Å². The molecule has 0 aliphatic carbocycles. The molecule has 0 aliphatic rings. The summed E-state index contributed by atoms with van der Waals surface area (Å²) in [7, 11) is 1.25. The maximum absolute atomic E-state index is 13.0. The van der Waals surface area contributed by atoms with Crippen molar-refractivity contribution < 1.29 is 13.5 Å². The van der Waals surface area contributed by atoms with E-state index in [0.29, 0.717) is 0 Å². The minimum atomic E-state index is -3.59. The highest BCUT2D eigenvalue weighted by atomic mass is 35.5. The van der Waals surface area contributed by atoms with Gasteiger partial charge in [-0.1, -0.05) is 11.6 Å². The van der Waals surface area contributed by atoms with Crippen molar-refractivity contribution in [1.29, 1.82) is 5.26 Å². The van der Waals surface area contributed by atoms with Gasteiger partial charge >= 0.3 is 5.92 Å². The van der Waals surface area contributed by atoms with Crippen molar-refractivity contribution in [3.8, 4) is 11.8 Å². The van der Waals surface area contributed by atoms with E-state index in [1.54, 1.807) is 0 Å². The van der Waals surface area contributed by atoms with Crippen LogP contribution in [-0.2, 0) is 5.92 Å². The summed E-state index contributed by atoms with van der Waals surface area (Å²) in [5.74, 6) is -3.64. The van der Waals surface area contributed by atoms with E-state index in [0.717, 1.165) is 12.1 Å². The number of methoxy groups -OCH3 is 1. The van der Waals surface area contributed by atoms with E-state index in [2.05, 4.69) is 0 Å². The van der Waals surface area contributed by atoms with Gasteiger partial charge in [0.1, 0.15) is 11.8 Å². The molecule has 0 heterocycles. The van der Waals surface area contributed by atoms with Crippen LogP contribution in [0.25, 0.3) is 0 Å². The van der Waals surface area contributed by atoms with Crippen LogP contribution in [0, 0.1) is 11.3 Å². The lowest BCUT2D eigenvalue weighted by molar-refractivity contribution is 0.0584. The Labute approximate surface area is 84.7 Å². The number of ether oxygens (including phenoxy) is 1. The average Bonchev–Trinajstić information content (AvgIpc) is 2.18. The summed E-state index contributed by atoms with van der Waals surface area (Å²) < 4.78 is 30.7. The highest BCUT2D eigenvalue weighted by Gasteiger charge is 2.34. The minimum Gasteiger partial charge on any atom is -0.496 e. The fraction of sp³-hybridized carbons (Fsp3) is 0.222. The van der Waals surface area contributed by atoms with E-state index in [9.17, 15) is 8.78 Å². The van der Waals surface area contributed by atoms with Crippen LogP contribution < -0.4 is 4.74 Å². The fourth-order valence-corrected chi connectivity index (χ4v) is 1.16. The highest BCUT2D eigenvalue weighted by Crippen LogP contribution is 2.35. The van der Waals surface area contributed by atoms with Gasteiger partial charge in [0, 0.05) is 5.02 Å². The van der Waals surface area contributed by atoms with Crippen LogP contribution in [0.15, 0.2) is 18.2 Å². The fourth-order valence-electron chi connectivity index (χ4n) is 0.986. The Kier molecular flexibility index (Phi) is 2.92. The van der Waals surface area contributed by atoms with Gasteiger partial charge in [-0.2, -0.15) is 14.0 Å². The smallest absolute Gasteiger partial charge is 0.361 e. The number of rotatable bonds is 2. The molecule has 2 nitrogen and oxygen atoms in total. The first kappa shape index (κ1) is 10.7. The summed E-state index contributed by atoms with van der Waals surface area (Å²) in [5, 5.41) is 8.39. The molecule has 0 saturated heterocycles. The molecular weight excluding hydrogens is 212 g/mol. The number of hydrogen-bond acceptors (Lipinski definition) is 2. The molecule has 14 heavy (non-hydrogen) atoms. The van der Waals surface area contributed by atoms with Gasteiger partial charge < -0.3 is 4.74 Å². The Bertz CT molecular complexity index is 387. The molecule has 0 atom stereocenters. The first-order valence-corrected chi connectivity index (χ1v) is 4.02. The monoisotopic (exact) mass is 217 g/mol. The molecule has 0 aromatic heterocycles. The molecule has 1 aromatic carbocycles. The lowest BCUT2D eigenvalue weighted by atomic mass is 10.1. The summed E-state index contributed by atoms with van der Waals surface area (Å²) in [6.07, 6.45) is 0. The van der Waals surface area contributed by atoms with Gasteiger partial charge in [-0.25, -0.2) is 0 Å². The zero-order chi connectivity index (χ0) is 10.8. The number of benzene rings is 1. The molecule has 0 N–H and O–H groups in total. The summed E-state index contributed by atoms with van der Waals surface area (Å²) in [5.41, 5.74) is -0.519. The third-order valence-corrected chi connectivity index (χ3v) is 1.88. The SMILES string of the molecule is COc1ccc(Cl)cc1C(F)(F)C#N. The zero-order valence-electron chi connectivity index (χ0n) is 7.22. The molecule has 0 spiro atoms. The Balaban J connectivity index is 3.32. The molecule has 0 unspecified atom stereocenters. The van der Waals surface area contributed by atoms with E-state index >= 15 is 0 Å². The Morgan fingerprint density at radius 1 is 1.50 bits per heavy atom. The number of hydrogen-bond donors (Lipinski definition) is 0. The lowest BCUT2D eigenvalue weighted by Gasteiger charge is -2.12. The van der Waals surface area contributed by atoms with E-state index in [1.807, 2.05) is 0 Å². The van der Waals surface area contributed by atoms with Crippen molar-refractivity contribution in [2.75, 3.05) is 7.11 Å². The van der Waals surface area contributed by atoms with Gasteiger partial charge in [-0.3, -0.25) is 0 Å². The van der Waals surface area contributed by atoms with Crippen LogP contribution in [0.5, 0.6) is 5.75 Å². The van der Waals surface area contributed by atoms with Crippen molar-refractivity contribution >= 4 is 11.6 Å². The second-order valence-electron chi connectivity index (χ2n) is 2.53. The van der Waals surface area contributed by atoms with Gasteiger partial charge in [0.2, 0.25) is 0 Å². The van der Waals surface area contributed by atoms with Gasteiger partial charge in [-0.15, -0.1) is 0 Å². The van der Waals surface area contributed by atoms with Crippen molar-refractivity contribution in [1.82, 2.24) is 0 Å². The summed E-state index contributed by atoms with van der Waals surface area (Å²) in [4.78, 5) is 0. The first-order chi connectivity index (χ1) is 6.51. The molecule has 0 amide bonds. The average molecular weight is 218 g/mol. The Morgan fingerprint density at radius 2 is 2.14 bits per heavy atom. The molecular formula is C9H6ClF2NO. The largest absolute Gasteiger partial charge is 0.496 e. The van der Waals surface area contributed by atoms with Crippen LogP contribution >= 0.6 is 11.6 Å². The van der Waals surface area contributed by atoms with Gasteiger partial charge in [0.25, 0.3) is 0 Å². The second kappa shape index (κ2) is 3.81. The number of nitrogens with zero attached hydrogens (tertiary/aromatic N) is 1. The first-order valence-electron chi connectivity index (χ1n) is 3.64. The maximum Gasteiger partial charge on any atom is 0.361 e. The van der Waals surface area contributed by atoms with Gasteiger partial charge in [0.15, 0.2) is 0 Å². The highest BCUT2D eigenvalue weighted by molar-refractivity contribution is 6.30. The molecule has 0 aliphatic heterocycles. The van der Waals surface area contributed by atoms with Crippen molar-refractivity contribution in [2.45, 2.75) is 5.92 Å². The summed E-state index contributed by atoms with van der Waals surface area (Å²) >= 11 is 5.54. The second-order valence-corrected chi connectivity index (χ2v) is 2.97. The zero-order valence-corrected chi connectivity index (χ0v) is 7.98. The number of alkyl halides is 2. The molecule has 1 aromatic rings. The van der Waals surface area contributed by atoms with Crippen LogP contribution in [0.3, 0.4) is 0 Å². The van der Waals surface area contributed by atoms with E-state index in [1.165, 1.54) is 19.2 Å². The van der Waals surface area contributed by atoms with E-state index in [-0.39, 0.29) is 10.8 Å². The third-order valence-electron chi connectivity index (χ3n) is 1.64. The maximum atomic E-state index is 13.0. The van der Waals surface area contributed by atoms with Crippen LogP contribution in [0.4, 0.5) is 8.78 Å². The van der Waals surface area contributed by atoms with E-state index < -0.39 is 11.5 Å². The van der Waals surface area contributed by atoms with Crippen molar-refractivity contribution in [3.63, 3.8) is 0 Å². The predicted octanol–water partition coefficient (Wildman–Crippen LogP) is 2.96. The Morgan fingerprint density at radius 3 is 2.64 bits per heavy atom. The van der Waals surface area contributed by atoms with Crippen molar-refractivity contribution in [2.24, 2.45) is 0 Å². The number of nitriles is 1. The Hall–Kier alpha value is -1.34. The molecule has 0 fully saturated rings. The van der Waals surface area contributed by atoms with Crippen LogP contribution in [0.1, 0.15) is 5.56 Å². The lowest BCUT2D eigenvalue weighted by Crippen LogP contribution is -2.11. The summed E-state index contributed by atoms with van der Waals surface area (Å²) in [6, 6.07) is 4.61. The van der Waals surface area contributed by atoms with Gasteiger partial charge in [0.05, 0.1) is 12.7 Å². The normalized spacial score (nSPS) is 10.8. The van der Waals surface area contributed by atoms with Crippen LogP contribution in [0.2, 0.25) is 5.02 Å². The standard InChI is InChI=1S/C9H6ClF2NO/c1-14-8-3-2-6(10)4-7(8)9(11,12)5-13/h2-4H,1H3.